The third-order valence-electron chi connectivity index (χ3n) is 5.34. The highest BCUT2D eigenvalue weighted by atomic mass is 32.1. The lowest BCUT2D eigenvalue weighted by Crippen LogP contribution is -2.42. The van der Waals surface area contributed by atoms with Gasteiger partial charge < -0.3 is 24.8 Å². The number of carbonyl (C=O) groups excluding carboxylic acids is 3. The van der Waals surface area contributed by atoms with E-state index in [1.54, 1.807) is 7.11 Å². The molecule has 0 saturated carbocycles. The van der Waals surface area contributed by atoms with Crippen molar-refractivity contribution in [2.24, 2.45) is 5.92 Å². The molecule has 0 fully saturated rings. The van der Waals surface area contributed by atoms with Crippen LogP contribution in [0.2, 0.25) is 0 Å². The lowest BCUT2D eigenvalue weighted by atomic mass is 9.83. The fourth-order valence-electron chi connectivity index (χ4n) is 3.67. The van der Waals surface area contributed by atoms with E-state index < -0.39 is 12.0 Å². The Bertz CT molecular complexity index is 773. The molecule has 1 heterocycles. The van der Waals surface area contributed by atoms with E-state index in [1.807, 2.05) is 19.1 Å². The maximum atomic E-state index is 12.3. The lowest BCUT2D eigenvalue weighted by Gasteiger charge is -2.33. The second-order valence-electron chi connectivity index (χ2n) is 7.82. The second-order valence-corrected chi connectivity index (χ2v) is 8.18. The molecule has 0 bridgehead atoms. The number of hydrogen-bond donors (Lipinski definition) is 3. The van der Waals surface area contributed by atoms with Crippen LogP contribution in [-0.2, 0) is 30.3 Å². The van der Waals surface area contributed by atoms with Crippen LogP contribution in [0.5, 0.6) is 5.75 Å². The second kappa shape index (κ2) is 15.4. The molecule has 33 heavy (non-hydrogen) atoms. The van der Waals surface area contributed by atoms with Gasteiger partial charge in [0.25, 0.3) is 0 Å². The maximum Gasteiger partial charge on any atom is 0.329 e. The van der Waals surface area contributed by atoms with Gasteiger partial charge in [-0.2, -0.15) is 12.6 Å². The van der Waals surface area contributed by atoms with Gasteiger partial charge in [0.2, 0.25) is 5.91 Å². The van der Waals surface area contributed by atoms with Gasteiger partial charge in [0.15, 0.2) is 0 Å². The Hall–Kier alpha value is -2.42. The SMILES string of the molecule is CCCCCC1Cc2cc(OC)ccc2NC1C(=O)OCC.COC(=O)C(CS)NC(C)=O. The monoisotopic (exact) mass is 482 g/mol. The number of benzene rings is 1. The van der Waals surface area contributed by atoms with Crippen LogP contribution in [0.4, 0.5) is 5.69 Å². The van der Waals surface area contributed by atoms with Gasteiger partial charge >= 0.3 is 11.9 Å². The first-order valence-electron chi connectivity index (χ1n) is 11.4. The van der Waals surface area contributed by atoms with Gasteiger partial charge in [0.1, 0.15) is 17.8 Å². The number of thiol groups is 1. The summed E-state index contributed by atoms with van der Waals surface area (Å²) in [5, 5.41) is 5.77. The number of ether oxygens (including phenoxy) is 3. The molecule has 0 spiro atoms. The highest BCUT2D eigenvalue weighted by molar-refractivity contribution is 7.80. The number of unbranched alkanes of at least 4 members (excludes halogenated alkanes) is 2. The van der Waals surface area contributed by atoms with Gasteiger partial charge in [-0.3, -0.25) is 4.79 Å². The molecule has 1 aromatic rings. The largest absolute Gasteiger partial charge is 0.497 e. The summed E-state index contributed by atoms with van der Waals surface area (Å²) < 4.78 is 15.0. The topological polar surface area (TPSA) is 103 Å². The van der Waals surface area contributed by atoms with Crippen LogP contribution in [0.25, 0.3) is 0 Å². The van der Waals surface area contributed by atoms with Crippen molar-refractivity contribution >= 4 is 36.2 Å². The number of nitrogens with one attached hydrogen (secondary N) is 2. The third-order valence-corrected chi connectivity index (χ3v) is 5.71. The summed E-state index contributed by atoms with van der Waals surface area (Å²) in [7, 11) is 2.94. The number of amides is 1. The fourth-order valence-corrected chi connectivity index (χ4v) is 3.91. The fraction of sp³-hybridized carbons (Fsp3) is 0.625. The Labute approximate surface area is 202 Å². The smallest absolute Gasteiger partial charge is 0.329 e. The van der Waals surface area contributed by atoms with Crippen molar-refractivity contribution in [3.63, 3.8) is 0 Å². The van der Waals surface area contributed by atoms with Crippen LogP contribution in [0, 0.1) is 5.92 Å². The summed E-state index contributed by atoms with van der Waals surface area (Å²) in [6.07, 6.45) is 5.48. The first-order valence-corrected chi connectivity index (χ1v) is 12.0. The Morgan fingerprint density at radius 3 is 2.48 bits per heavy atom. The number of fused-ring (bicyclic) bond motifs is 1. The van der Waals surface area contributed by atoms with Crippen molar-refractivity contribution in [3.05, 3.63) is 23.8 Å². The van der Waals surface area contributed by atoms with Crippen LogP contribution in [0.1, 0.15) is 52.0 Å². The number of carbonyl (C=O) groups is 3. The van der Waals surface area contributed by atoms with E-state index in [0.29, 0.717) is 6.61 Å². The lowest BCUT2D eigenvalue weighted by molar-refractivity contribution is -0.145. The first-order chi connectivity index (χ1) is 15.8. The van der Waals surface area contributed by atoms with E-state index in [-0.39, 0.29) is 29.6 Å². The van der Waals surface area contributed by atoms with E-state index >= 15 is 0 Å². The van der Waals surface area contributed by atoms with E-state index in [4.69, 9.17) is 9.47 Å². The highest BCUT2D eigenvalue weighted by Gasteiger charge is 2.34. The molecule has 0 saturated heterocycles. The minimum atomic E-state index is -0.638. The molecule has 0 radical (unpaired) electrons. The normalized spacial score (nSPS) is 17.3. The Morgan fingerprint density at radius 1 is 1.21 bits per heavy atom. The highest BCUT2D eigenvalue weighted by Crippen LogP contribution is 2.34. The molecule has 3 atom stereocenters. The zero-order chi connectivity index (χ0) is 24.8. The van der Waals surface area contributed by atoms with Crippen LogP contribution in [0.15, 0.2) is 18.2 Å². The minimum absolute atomic E-state index is 0.134. The molecule has 2 N–H and O–H groups in total. The average Bonchev–Trinajstić information content (AvgIpc) is 2.81. The number of methoxy groups -OCH3 is 2. The Morgan fingerprint density at radius 2 is 1.94 bits per heavy atom. The summed E-state index contributed by atoms with van der Waals surface area (Å²) in [6.45, 7) is 5.81. The predicted octanol–water partition coefficient (Wildman–Crippen LogP) is 3.39. The van der Waals surface area contributed by atoms with Crippen LogP contribution in [0.3, 0.4) is 0 Å². The van der Waals surface area contributed by atoms with Crippen LogP contribution in [-0.4, -0.2) is 56.5 Å². The van der Waals surface area contributed by atoms with Gasteiger partial charge in [0.05, 0.1) is 20.8 Å². The molecule has 1 aliphatic rings. The zero-order valence-electron chi connectivity index (χ0n) is 20.3. The Balaban J connectivity index is 0.000000420. The standard InChI is InChI=1S/C18H27NO3.C6H11NO3S/c1-4-6-7-8-13-11-14-12-15(21-3)9-10-16(14)19-17(13)18(20)22-5-2;1-4(8)7-5(3-11)6(9)10-2/h9-10,12-13,17,19H,4-8,11H2,1-3H3;5,11H,3H2,1-2H3,(H,7,8). The number of hydrogen-bond acceptors (Lipinski definition) is 8. The van der Waals surface area contributed by atoms with Crippen molar-refractivity contribution in [2.75, 3.05) is 31.9 Å². The number of anilines is 1. The minimum Gasteiger partial charge on any atom is -0.497 e. The first kappa shape index (κ1) is 28.6. The molecule has 0 aliphatic carbocycles. The van der Waals surface area contributed by atoms with Gasteiger partial charge in [-0.05, 0) is 49.4 Å². The molecular weight excluding hydrogens is 444 g/mol. The Kier molecular flexibility index (Phi) is 13.4. The molecule has 8 nitrogen and oxygen atoms in total. The quantitative estimate of drug-likeness (QED) is 0.267. The molecule has 1 aliphatic heterocycles. The van der Waals surface area contributed by atoms with Crippen molar-refractivity contribution < 1.29 is 28.6 Å². The van der Waals surface area contributed by atoms with E-state index in [1.165, 1.54) is 32.4 Å². The van der Waals surface area contributed by atoms with Crippen LogP contribution >= 0.6 is 12.6 Å². The number of rotatable bonds is 10. The average molecular weight is 483 g/mol. The van der Waals surface area contributed by atoms with Gasteiger partial charge in [-0.1, -0.05) is 26.2 Å². The van der Waals surface area contributed by atoms with Crippen molar-refractivity contribution in [1.82, 2.24) is 5.32 Å². The summed E-state index contributed by atoms with van der Waals surface area (Å²) >= 11 is 3.87. The predicted molar refractivity (Wildman–Crippen MR) is 132 cm³/mol. The molecule has 9 heteroatoms. The van der Waals surface area contributed by atoms with Gasteiger partial charge in [-0.25, -0.2) is 9.59 Å². The van der Waals surface area contributed by atoms with Gasteiger partial charge in [-0.15, -0.1) is 0 Å². The van der Waals surface area contributed by atoms with Crippen molar-refractivity contribution in [1.29, 1.82) is 0 Å². The number of esters is 2. The molecular formula is C24H38N2O6S. The third kappa shape index (κ3) is 9.53. The van der Waals surface area contributed by atoms with E-state index in [0.717, 1.165) is 30.7 Å². The molecule has 1 aromatic carbocycles. The molecule has 3 unspecified atom stereocenters. The molecule has 2 rings (SSSR count). The molecule has 0 aromatic heterocycles. The molecule has 1 amide bonds. The van der Waals surface area contributed by atoms with E-state index in [2.05, 4.69) is 41.0 Å². The van der Waals surface area contributed by atoms with Gasteiger partial charge in [0, 0.05) is 18.4 Å². The molecule has 186 valence electrons. The van der Waals surface area contributed by atoms with Crippen LogP contribution < -0.4 is 15.4 Å². The summed E-state index contributed by atoms with van der Waals surface area (Å²) in [6, 6.07) is 5.10. The maximum absolute atomic E-state index is 12.3. The van der Waals surface area contributed by atoms with Crippen molar-refractivity contribution in [3.8, 4) is 5.75 Å². The summed E-state index contributed by atoms with van der Waals surface area (Å²) in [5.74, 6) is 0.509. The zero-order valence-corrected chi connectivity index (χ0v) is 21.2. The van der Waals surface area contributed by atoms with Crippen molar-refractivity contribution in [2.45, 2.75) is 65.0 Å². The summed E-state index contributed by atoms with van der Waals surface area (Å²) in [4.78, 5) is 33.5. The van der Waals surface area contributed by atoms with E-state index in [9.17, 15) is 14.4 Å². The summed E-state index contributed by atoms with van der Waals surface area (Å²) in [5.41, 5.74) is 2.24.